The van der Waals surface area contributed by atoms with Gasteiger partial charge < -0.3 is 5.32 Å². The van der Waals surface area contributed by atoms with E-state index in [1.54, 1.807) is 12.1 Å². The molecule has 32 heavy (non-hydrogen) atoms. The first-order valence-electron chi connectivity index (χ1n) is 11.2. The molecule has 2 aromatic carbocycles. The topological polar surface area (TPSA) is 69.7 Å². The molecule has 1 atom stereocenters. The Labute approximate surface area is 196 Å². The zero-order valence-electron chi connectivity index (χ0n) is 18.8. The van der Waals surface area contributed by atoms with Crippen LogP contribution >= 0.6 is 11.6 Å². The predicted molar refractivity (Wildman–Crippen MR) is 129 cm³/mol. The van der Waals surface area contributed by atoms with Gasteiger partial charge in [0.2, 0.25) is 10.0 Å². The summed E-state index contributed by atoms with van der Waals surface area (Å²) >= 11 is 6.44. The number of nitrogens with zero attached hydrogens (tertiary/aromatic N) is 2. The van der Waals surface area contributed by atoms with E-state index in [1.165, 1.54) is 16.4 Å². The fourth-order valence-corrected chi connectivity index (χ4v) is 5.94. The maximum atomic E-state index is 12.7. The first-order chi connectivity index (χ1) is 15.4. The van der Waals surface area contributed by atoms with E-state index in [9.17, 15) is 13.2 Å². The van der Waals surface area contributed by atoms with E-state index in [4.69, 9.17) is 11.6 Å². The third kappa shape index (κ3) is 5.77. The zero-order valence-corrected chi connectivity index (χ0v) is 20.3. The highest BCUT2D eigenvalue weighted by Gasteiger charge is 2.27. The van der Waals surface area contributed by atoms with Crippen LogP contribution in [0.3, 0.4) is 0 Å². The zero-order chi connectivity index (χ0) is 23.1. The summed E-state index contributed by atoms with van der Waals surface area (Å²) in [6, 6.07) is 14.1. The first kappa shape index (κ1) is 24.9. The van der Waals surface area contributed by atoms with Crippen LogP contribution < -0.4 is 5.32 Å². The van der Waals surface area contributed by atoms with E-state index >= 15 is 0 Å². The molecule has 1 unspecified atom stereocenters. The van der Waals surface area contributed by atoms with Crippen molar-refractivity contribution in [3.63, 3.8) is 0 Å². The lowest BCUT2D eigenvalue weighted by molar-refractivity contribution is 0.0986. The van der Waals surface area contributed by atoms with Gasteiger partial charge in [-0.3, -0.25) is 9.69 Å². The lowest BCUT2D eigenvalue weighted by atomic mass is 10.0. The molecular formula is C24H32ClN3O3S. The molecule has 0 aliphatic carbocycles. The van der Waals surface area contributed by atoms with Gasteiger partial charge in [0.25, 0.3) is 0 Å². The Morgan fingerprint density at radius 3 is 2.28 bits per heavy atom. The van der Waals surface area contributed by atoms with Crippen LogP contribution in [-0.4, -0.2) is 62.7 Å². The molecule has 1 saturated heterocycles. The Morgan fingerprint density at radius 1 is 1.06 bits per heavy atom. The van der Waals surface area contributed by atoms with Crippen molar-refractivity contribution < 1.29 is 13.2 Å². The molecule has 1 aliphatic heterocycles. The molecule has 0 aromatic heterocycles. The van der Waals surface area contributed by atoms with Crippen molar-refractivity contribution in [3.8, 4) is 0 Å². The standard InChI is InChI=1S/C24H32ClN3O3S/c1-3-27(4-2)23(21-9-5-6-10-22(21)25)17-26-18-24(29)19-11-13-20(14-12-19)32(30,31)28-15-7-8-16-28/h5-6,9-14,23,26H,3-4,7-8,15-18H2,1-2H3. The summed E-state index contributed by atoms with van der Waals surface area (Å²) in [6.07, 6.45) is 1.79. The molecule has 3 rings (SSSR count). The second-order valence-corrected chi connectivity index (χ2v) is 10.3. The van der Waals surface area contributed by atoms with Gasteiger partial charge >= 0.3 is 0 Å². The van der Waals surface area contributed by atoms with E-state index < -0.39 is 10.0 Å². The summed E-state index contributed by atoms with van der Waals surface area (Å²) in [7, 11) is -3.47. The number of rotatable bonds is 11. The van der Waals surface area contributed by atoms with Crippen molar-refractivity contribution in [2.45, 2.75) is 37.6 Å². The van der Waals surface area contributed by atoms with Crippen molar-refractivity contribution in [1.82, 2.24) is 14.5 Å². The smallest absolute Gasteiger partial charge is 0.243 e. The minimum atomic E-state index is -3.47. The third-order valence-corrected chi connectivity index (χ3v) is 8.28. The van der Waals surface area contributed by atoms with Crippen LogP contribution in [-0.2, 0) is 10.0 Å². The highest BCUT2D eigenvalue weighted by molar-refractivity contribution is 7.89. The molecule has 1 heterocycles. The highest BCUT2D eigenvalue weighted by Crippen LogP contribution is 2.27. The quantitative estimate of drug-likeness (QED) is 0.496. The Morgan fingerprint density at radius 2 is 1.69 bits per heavy atom. The number of benzene rings is 2. The average molecular weight is 478 g/mol. The first-order valence-corrected chi connectivity index (χ1v) is 13.0. The lowest BCUT2D eigenvalue weighted by Crippen LogP contribution is -2.37. The molecule has 174 valence electrons. The molecular weight excluding hydrogens is 446 g/mol. The van der Waals surface area contributed by atoms with Crippen LogP contribution in [0.25, 0.3) is 0 Å². The van der Waals surface area contributed by atoms with Crippen molar-refractivity contribution >= 4 is 27.4 Å². The third-order valence-electron chi connectivity index (χ3n) is 6.02. The van der Waals surface area contributed by atoms with E-state index in [2.05, 4.69) is 24.1 Å². The van der Waals surface area contributed by atoms with Gasteiger partial charge in [-0.15, -0.1) is 0 Å². The van der Waals surface area contributed by atoms with E-state index in [0.29, 0.717) is 30.2 Å². The number of sulfonamides is 1. The maximum Gasteiger partial charge on any atom is 0.243 e. The number of Topliss-reactive ketones (excluding diaryl/α,β-unsaturated/α-hetero) is 1. The van der Waals surface area contributed by atoms with Gasteiger partial charge in [-0.1, -0.05) is 55.8 Å². The molecule has 0 saturated carbocycles. The second kappa shape index (κ2) is 11.4. The maximum absolute atomic E-state index is 12.7. The van der Waals surface area contributed by atoms with Crippen LogP contribution in [0.1, 0.15) is 48.7 Å². The molecule has 6 nitrogen and oxygen atoms in total. The van der Waals surface area contributed by atoms with Crippen LogP contribution in [0.5, 0.6) is 0 Å². The van der Waals surface area contributed by atoms with Gasteiger partial charge in [-0.05, 0) is 49.7 Å². The number of nitrogens with one attached hydrogen (secondary N) is 1. The van der Waals surface area contributed by atoms with Crippen LogP contribution in [0.2, 0.25) is 5.02 Å². The monoisotopic (exact) mass is 477 g/mol. The molecule has 8 heteroatoms. The predicted octanol–water partition coefficient (Wildman–Crippen LogP) is 3.98. The van der Waals surface area contributed by atoms with E-state index in [1.807, 2.05) is 24.3 Å². The Kier molecular flexibility index (Phi) is 8.85. The average Bonchev–Trinajstić information content (AvgIpc) is 3.35. The number of ketones is 1. The minimum absolute atomic E-state index is 0.0551. The van der Waals surface area contributed by atoms with Crippen LogP contribution in [0.4, 0.5) is 0 Å². The van der Waals surface area contributed by atoms with Gasteiger partial charge in [-0.25, -0.2) is 8.42 Å². The van der Waals surface area contributed by atoms with Crippen molar-refractivity contribution in [1.29, 1.82) is 0 Å². The molecule has 0 radical (unpaired) electrons. The molecule has 0 spiro atoms. The molecule has 1 fully saturated rings. The molecule has 0 amide bonds. The summed E-state index contributed by atoms with van der Waals surface area (Å²) in [5.74, 6) is -0.0763. The van der Waals surface area contributed by atoms with Crippen LogP contribution in [0, 0.1) is 0 Å². The summed E-state index contributed by atoms with van der Waals surface area (Å²) in [5.41, 5.74) is 1.53. The van der Waals surface area contributed by atoms with Crippen molar-refractivity contribution in [3.05, 3.63) is 64.7 Å². The fraction of sp³-hybridized carbons (Fsp3) is 0.458. The number of hydrogen-bond donors (Lipinski definition) is 1. The molecule has 1 aliphatic rings. The van der Waals surface area contributed by atoms with Gasteiger partial charge in [0.05, 0.1) is 11.4 Å². The van der Waals surface area contributed by atoms with E-state index in [0.717, 1.165) is 31.5 Å². The molecule has 1 N–H and O–H groups in total. The van der Waals surface area contributed by atoms with Crippen LogP contribution in [0.15, 0.2) is 53.4 Å². The van der Waals surface area contributed by atoms with Gasteiger partial charge in [-0.2, -0.15) is 4.31 Å². The van der Waals surface area contributed by atoms with Crippen molar-refractivity contribution in [2.75, 3.05) is 39.3 Å². The number of carbonyl (C=O) groups is 1. The van der Waals surface area contributed by atoms with Gasteiger partial charge in [0, 0.05) is 36.3 Å². The summed E-state index contributed by atoms with van der Waals surface area (Å²) in [4.78, 5) is 15.2. The minimum Gasteiger partial charge on any atom is -0.308 e. The normalized spacial score (nSPS) is 15.9. The molecule has 0 bridgehead atoms. The number of hydrogen-bond acceptors (Lipinski definition) is 5. The Hall–Kier alpha value is -1.77. The SMILES string of the molecule is CCN(CC)C(CNCC(=O)c1ccc(S(=O)(=O)N2CCCC2)cc1)c1ccccc1Cl. The lowest BCUT2D eigenvalue weighted by Gasteiger charge is -2.31. The van der Waals surface area contributed by atoms with Gasteiger partial charge in [0.1, 0.15) is 0 Å². The summed E-state index contributed by atoms with van der Waals surface area (Å²) in [5, 5.41) is 3.99. The second-order valence-electron chi connectivity index (χ2n) is 7.95. The Balaban J connectivity index is 1.63. The van der Waals surface area contributed by atoms with E-state index in [-0.39, 0.29) is 23.3 Å². The van der Waals surface area contributed by atoms with Gasteiger partial charge in [0.15, 0.2) is 5.78 Å². The molecule has 2 aromatic rings. The fourth-order valence-electron chi connectivity index (χ4n) is 4.16. The largest absolute Gasteiger partial charge is 0.308 e. The number of carbonyl (C=O) groups excluding carboxylic acids is 1. The number of likely N-dealkylation sites (N-methyl/N-ethyl adjacent to an activating group) is 1. The van der Waals surface area contributed by atoms with Crippen molar-refractivity contribution in [2.24, 2.45) is 0 Å². The highest BCUT2D eigenvalue weighted by atomic mass is 35.5. The number of halogens is 1. The Bertz CT molecular complexity index is 1000. The summed E-state index contributed by atoms with van der Waals surface area (Å²) < 4.78 is 26.8. The summed E-state index contributed by atoms with van der Waals surface area (Å²) in [6.45, 7) is 7.83.